The average Bonchev–Trinajstić information content (AvgIpc) is 3.22. The van der Waals surface area contributed by atoms with Crippen LogP contribution in [0.3, 0.4) is 0 Å². The van der Waals surface area contributed by atoms with Gasteiger partial charge in [-0.15, -0.1) is 0 Å². The summed E-state index contributed by atoms with van der Waals surface area (Å²) < 4.78 is 5.18. The van der Waals surface area contributed by atoms with E-state index in [4.69, 9.17) is 39.2 Å². The Labute approximate surface area is 182 Å². The van der Waals surface area contributed by atoms with Gasteiger partial charge in [0.2, 0.25) is 5.91 Å². The van der Waals surface area contributed by atoms with Gasteiger partial charge < -0.3 is 20.4 Å². The summed E-state index contributed by atoms with van der Waals surface area (Å²) in [6, 6.07) is 13.3. The van der Waals surface area contributed by atoms with Crippen LogP contribution < -0.4 is 16.0 Å². The van der Waals surface area contributed by atoms with Crippen LogP contribution >= 0.6 is 34.8 Å². The van der Waals surface area contributed by atoms with Crippen molar-refractivity contribution in [3.8, 4) is 0 Å². The first kappa shape index (κ1) is 21.0. The van der Waals surface area contributed by atoms with Gasteiger partial charge in [-0.25, -0.2) is 0 Å². The van der Waals surface area contributed by atoms with Crippen LogP contribution in [0.15, 0.2) is 59.2 Å². The highest BCUT2D eigenvalue weighted by Crippen LogP contribution is 2.32. The number of hydrogen-bond donors (Lipinski definition) is 3. The molecule has 3 N–H and O–H groups in total. The summed E-state index contributed by atoms with van der Waals surface area (Å²) in [6.07, 6.45) is 1.54. The van der Waals surface area contributed by atoms with Gasteiger partial charge in [-0.05, 0) is 42.5 Å². The number of benzene rings is 2. The Hall–Kier alpha value is -2.67. The molecule has 0 radical (unpaired) electrons. The third-order valence-electron chi connectivity index (χ3n) is 3.87. The van der Waals surface area contributed by atoms with E-state index in [0.29, 0.717) is 27.7 Å². The summed E-state index contributed by atoms with van der Waals surface area (Å²) in [5.41, 5.74) is 1.43. The number of nitrogens with one attached hydrogen (secondary N) is 3. The average molecular weight is 453 g/mol. The first-order valence-electron chi connectivity index (χ1n) is 8.51. The van der Waals surface area contributed by atoms with Gasteiger partial charge in [0.1, 0.15) is 5.76 Å². The monoisotopic (exact) mass is 451 g/mol. The van der Waals surface area contributed by atoms with Crippen molar-refractivity contribution in [2.24, 2.45) is 0 Å². The molecular formula is C20H16Cl3N3O3. The van der Waals surface area contributed by atoms with E-state index >= 15 is 0 Å². The fraction of sp³-hybridized carbons (Fsp3) is 0.100. The van der Waals surface area contributed by atoms with Gasteiger partial charge in [-0.1, -0.05) is 40.9 Å². The fourth-order valence-corrected chi connectivity index (χ4v) is 3.04. The lowest BCUT2D eigenvalue weighted by atomic mass is 10.2. The zero-order valence-corrected chi connectivity index (χ0v) is 17.2. The number of carbonyl (C=O) groups excluding carboxylic acids is 2. The number of furan rings is 1. The lowest BCUT2D eigenvalue weighted by Crippen LogP contribution is -2.23. The Bertz CT molecular complexity index is 1020. The molecule has 2 amide bonds. The van der Waals surface area contributed by atoms with Gasteiger partial charge in [0, 0.05) is 11.3 Å². The SMILES string of the molecule is O=C(CNc1cccc(C(=O)NCc2ccco2)c1)Nc1cc(Cl)c(Cl)cc1Cl. The van der Waals surface area contributed by atoms with E-state index in [2.05, 4.69) is 16.0 Å². The van der Waals surface area contributed by atoms with Crippen LogP contribution in [-0.2, 0) is 11.3 Å². The maximum Gasteiger partial charge on any atom is 0.251 e. The normalized spacial score (nSPS) is 10.4. The van der Waals surface area contributed by atoms with Crippen molar-refractivity contribution in [3.63, 3.8) is 0 Å². The predicted octanol–water partition coefficient (Wildman–Crippen LogP) is 5.22. The van der Waals surface area contributed by atoms with E-state index < -0.39 is 0 Å². The second-order valence-corrected chi connectivity index (χ2v) is 7.21. The molecule has 0 aliphatic carbocycles. The van der Waals surface area contributed by atoms with Crippen LogP contribution in [0.1, 0.15) is 16.1 Å². The van der Waals surface area contributed by atoms with Gasteiger partial charge in [-0.3, -0.25) is 9.59 Å². The largest absolute Gasteiger partial charge is 0.467 e. The van der Waals surface area contributed by atoms with E-state index in [1.54, 1.807) is 42.7 Å². The van der Waals surface area contributed by atoms with Gasteiger partial charge in [0.25, 0.3) is 5.91 Å². The van der Waals surface area contributed by atoms with Crippen molar-refractivity contribution in [1.29, 1.82) is 0 Å². The Balaban J connectivity index is 1.55. The highest BCUT2D eigenvalue weighted by Gasteiger charge is 2.11. The van der Waals surface area contributed by atoms with Crippen molar-refractivity contribution in [2.75, 3.05) is 17.2 Å². The van der Waals surface area contributed by atoms with Crippen molar-refractivity contribution >= 4 is 58.0 Å². The molecule has 0 saturated carbocycles. The smallest absolute Gasteiger partial charge is 0.251 e. The first-order valence-corrected chi connectivity index (χ1v) is 9.64. The molecule has 29 heavy (non-hydrogen) atoms. The van der Waals surface area contributed by atoms with Crippen LogP contribution in [0.25, 0.3) is 0 Å². The lowest BCUT2D eigenvalue weighted by Gasteiger charge is -2.11. The highest BCUT2D eigenvalue weighted by atomic mass is 35.5. The quantitative estimate of drug-likeness (QED) is 0.429. The molecule has 0 fully saturated rings. The van der Waals surface area contributed by atoms with Crippen LogP contribution in [0.4, 0.5) is 11.4 Å². The molecule has 1 aromatic heterocycles. The number of anilines is 2. The van der Waals surface area contributed by atoms with E-state index in [1.165, 1.54) is 12.1 Å². The Morgan fingerprint density at radius 2 is 1.72 bits per heavy atom. The second kappa shape index (κ2) is 9.69. The molecular weight excluding hydrogens is 437 g/mol. The molecule has 0 unspecified atom stereocenters. The molecule has 150 valence electrons. The fourth-order valence-electron chi connectivity index (χ4n) is 2.45. The number of halogens is 3. The molecule has 0 aliphatic rings. The molecule has 6 nitrogen and oxygen atoms in total. The summed E-state index contributed by atoms with van der Waals surface area (Å²) in [7, 11) is 0. The van der Waals surface area contributed by atoms with Crippen molar-refractivity contribution in [3.05, 3.63) is 81.2 Å². The van der Waals surface area contributed by atoms with Crippen molar-refractivity contribution < 1.29 is 14.0 Å². The summed E-state index contributed by atoms with van der Waals surface area (Å²) in [4.78, 5) is 24.5. The van der Waals surface area contributed by atoms with E-state index in [-0.39, 0.29) is 34.9 Å². The highest BCUT2D eigenvalue weighted by molar-refractivity contribution is 6.44. The minimum Gasteiger partial charge on any atom is -0.467 e. The molecule has 2 aromatic carbocycles. The number of amides is 2. The number of carbonyl (C=O) groups is 2. The minimum absolute atomic E-state index is 0.0337. The Morgan fingerprint density at radius 3 is 2.48 bits per heavy atom. The summed E-state index contributed by atoms with van der Waals surface area (Å²) in [5.74, 6) is 0.0697. The maximum atomic E-state index is 12.3. The van der Waals surface area contributed by atoms with Crippen molar-refractivity contribution in [2.45, 2.75) is 6.54 Å². The zero-order chi connectivity index (χ0) is 20.8. The van der Waals surface area contributed by atoms with Gasteiger partial charge in [0.15, 0.2) is 0 Å². The molecule has 0 spiro atoms. The Morgan fingerprint density at radius 1 is 0.931 bits per heavy atom. The molecule has 9 heteroatoms. The molecule has 1 heterocycles. The lowest BCUT2D eigenvalue weighted by molar-refractivity contribution is -0.114. The number of hydrogen-bond acceptors (Lipinski definition) is 4. The standard InChI is InChI=1S/C20H16Cl3N3O3/c21-15-8-17(23)18(9-16(15)22)26-19(27)11-24-13-4-1-3-12(7-13)20(28)25-10-14-5-2-6-29-14/h1-9,24H,10-11H2,(H,25,28)(H,26,27). The first-order chi connectivity index (χ1) is 13.9. The molecule has 3 rings (SSSR count). The van der Waals surface area contributed by atoms with E-state index in [9.17, 15) is 9.59 Å². The summed E-state index contributed by atoms with van der Waals surface area (Å²) in [6.45, 7) is 0.254. The third-order valence-corrected chi connectivity index (χ3v) is 4.90. The van der Waals surface area contributed by atoms with Gasteiger partial charge in [-0.2, -0.15) is 0 Å². The van der Waals surface area contributed by atoms with E-state index in [0.717, 1.165) is 0 Å². The molecule has 0 aliphatic heterocycles. The number of rotatable bonds is 7. The van der Waals surface area contributed by atoms with Crippen LogP contribution in [0.2, 0.25) is 15.1 Å². The van der Waals surface area contributed by atoms with Crippen LogP contribution in [0.5, 0.6) is 0 Å². The van der Waals surface area contributed by atoms with Crippen molar-refractivity contribution in [1.82, 2.24) is 5.32 Å². The maximum absolute atomic E-state index is 12.3. The summed E-state index contributed by atoms with van der Waals surface area (Å²) in [5, 5.41) is 9.25. The summed E-state index contributed by atoms with van der Waals surface area (Å²) >= 11 is 17.9. The molecule has 0 atom stereocenters. The Kier molecular flexibility index (Phi) is 7.04. The third kappa shape index (κ3) is 5.90. The van der Waals surface area contributed by atoms with Crippen LogP contribution in [-0.4, -0.2) is 18.4 Å². The topological polar surface area (TPSA) is 83.4 Å². The molecule has 3 aromatic rings. The van der Waals surface area contributed by atoms with E-state index in [1.807, 2.05) is 0 Å². The van der Waals surface area contributed by atoms with Gasteiger partial charge in [0.05, 0.1) is 40.1 Å². The predicted molar refractivity (Wildman–Crippen MR) is 115 cm³/mol. The van der Waals surface area contributed by atoms with Gasteiger partial charge >= 0.3 is 0 Å². The second-order valence-electron chi connectivity index (χ2n) is 5.99. The zero-order valence-electron chi connectivity index (χ0n) is 15.0. The molecule has 0 saturated heterocycles. The minimum atomic E-state index is -0.335. The van der Waals surface area contributed by atoms with Crippen LogP contribution in [0, 0.1) is 0 Å². The molecule has 0 bridgehead atoms.